The number of rotatable bonds is 6. The van der Waals surface area contributed by atoms with Crippen LogP contribution in [0.5, 0.6) is 5.75 Å². The summed E-state index contributed by atoms with van der Waals surface area (Å²) in [6.07, 6.45) is -0.0875. The van der Waals surface area contributed by atoms with E-state index in [2.05, 4.69) is 10.6 Å². The van der Waals surface area contributed by atoms with E-state index in [1.807, 2.05) is 31.1 Å². The van der Waals surface area contributed by atoms with E-state index in [0.717, 1.165) is 5.69 Å². The summed E-state index contributed by atoms with van der Waals surface area (Å²) in [7, 11) is 7.32. The Bertz CT molecular complexity index is 1660. The molecule has 3 amide bonds. The van der Waals surface area contributed by atoms with Crippen LogP contribution in [0, 0.1) is 11.8 Å². The number of nitrogens with two attached hydrogens (primary N) is 1. The number of Topliss-reactive ketones (excluding diaryl/α,β-unsaturated/α-hetero) is 2. The van der Waals surface area contributed by atoms with Crippen molar-refractivity contribution in [3.63, 3.8) is 0 Å². The zero-order chi connectivity index (χ0) is 32.2. The molecule has 2 aromatic rings. The minimum Gasteiger partial charge on any atom is -0.511 e. The lowest BCUT2D eigenvalue weighted by molar-refractivity contribution is -0.144. The van der Waals surface area contributed by atoms with Crippen LogP contribution < -0.4 is 26.2 Å². The van der Waals surface area contributed by atoms with Crippen molar-refractivity contribution in [3.8, 4) is 5.75 Å². The first-order valence-electron chi connectivity index (χ1n) is 14.0. The Kier molecular flexibility index (Phi) is 7.54. The summed E-state index contributed by atoms with van der Waals surface area (Å²) >= 11 is 0. The highest BCUT2D eigenvalue weighted by atomic mass is 16.3. The number of primary amides is 1. The summed E-state index contributed by atoms with van der Waals surface area (Å²) in [4.78, 5) is 55.4. The van der Waals surface area contributed by atoms with Gasteiger partial charge in [-0.05, 0) is 54.7 Å². The molecule has 13 nitrogen and oxygen atoms in total. The molecule has 0 radical (unpaired) electrons. The van der Waals surface area contributed by atoms with E-state index in [-0.39, 0.29) is 42.5 Å². The van der Waals surface area contributed by atoms with Gasteiger partial charge in [-0.15, -0.1) is 0 Å². The summed E-state index contributed by atoms with van der Waals surface area (Å²) in [6, 6.07) is 8.29. The largest absolute Gasteiger partial charge is 0.511 e. The van der Waals surface area contributed by atoms with Gasteiger partial charge in [0.1, 0.15) is 22.8 Å². The van der Waals surface area contributed by atoms with Crippen molar-refractivity contribution in [2.24, 2.45) is 17.6 Å². The minimum atomic E-state index is -2.64. The number of aromatic hydroxyl groups is 1. The molecule has 0 bridgehead atoms. The van der Waals surface area contributed by atoms with Gasteiger partial charge in [0.2, 0.25) is 5.78 Å². The third kappa shape index (κ3) is 4.78. The van der Waals surface area contributed by atoms with Gasteiger partial charge in [-0.25, -0.2) is 4.79 Å². The first-order valence-corrected chi connectivity index (χ1v) is 14.0. The van der Waals surface area contributed by atoms with Gasteiger partial charge < -0.3 is 46.6 Å². The zero-order valence-corrected chi connectivity index (χ0v) is 24.8. The fourth-order valence-corrected chi connectivity index (χ4v) is 6.45. The molecule has 3 aliphatic rings. The molecule has 0 saturated heterocycles. The lowest BCUT2D eigenvalue weighted by atomic mass is 9.60. The number of aliphatic hydroxyl groups is 3. The quantitative estimate of drug-likeness (QED) is 0.239. The number of fused-ring (bicyclic) bond motifs is 3. The molecule has 5 rings (SSSR count). The first-order chi connectivity index (χ1) is 20.7. The number of ketones is 2. The van der Waals surface area contributed by atoms with Gasteiger partial charge >= 0.3 is 6.03 Å². The number of carbonyl (C=O) groups is 4. The number of allylic oxidation sites excluding steroid dienone is 2. The molecule has 232 valence electrons. The topological polar surface area (TPSA) is 206 Å². The van der Waals surface area contributed by atoms with Crippen LogP contribution in [0.25, 0.3) is 0 Å². The summed E-state index contributed by atoms with van der Waals surface area (Å²) in [5.74, 6) is -6.90. The van der Waals surface area contributed by atoms with Crippen LogP contribution in [0.1, 0.15) is 34.3 Å². The van der Waals surface area contributed by atoms with E-state index in [1.54, 1.807) is 37.2 Å². The van der Waals surface area contributed by atoms with Crippen molar-refractivity contribution >= 4 is 40.6 Å². The van der Waals surface area contributed by atoms with Gasteiger partial charge in [0, 0.05) is 75.3 Å². The number of anilines is 3. The predicted molar refractivity (Wildman–Crippen MR) is 162 cm³/mol. The van der Waals surface area contributed by atoms with Crippen LogP contribution in [0.3, 0.4) is 0 Å². The molecule has 0 heterocycles. The molecule has 3 aliphatic carbocycles. The van der Waals surface area contributed by atoms with Crippen LogP contribution in [-0.4, -0.2) is 77.7 Å². The average Bonchev–Trinajstić information content (AvgIpc) is 2.94. The second-order valence-corrected chi connectivity index (χ2v) is 11.8. The van der Waals surface area contributed by atoms with Crippen LogP contribution in [0.15, 0.2) is 53.0 Å². The highest BCUT2D eigenvalue weighted by Gasteiger charge is 2.59. The van der Waals surface area contributed by atoms with Gasteiger partial charge in [-0.3, -0.25) is 14.4 Å². The fourth-order valence-electron chi connectivity index (χ4n) is 6.45. The SMILES string of the molecule is CN(C)c1ccc(NC(=O)NCc2cc(N(C)C)c3c(c2O)C(=O)C2=C(O)[C@]4(O)C(=O)C(C(N)=O)=C(O)C[C@@H]4C[C@@H]2C3)cc1. The Labute approximate surface area is 253 Å². The number of phenols is 1. The van der Waals surface area contributed by atoms with Crippen LogP contribution in [-0.2, 0) is 22.6 Å². The third-order valence-electron chi connectivity index (χ3n) is 8.68. The number of amides is 3. The smallest absolute Gasteiger partial charge is 0.319 e. The van der Waals surface area contributed by atoms with Crippen molar-refractivity contribution < 1.29 is 39.6 Å². The molecular weight excluding hydrogens is 570 g/mol. The lowest BCUT2D eigenvalue weighted by Crippen LogP contribution is -2.57. The highest BCUT2D eigenvalue weighted by Crippen LogP contribution is 2.52. The van der Waals surface area contributed by atoms with E-state index in [9.17, 15) is 39.6 Å². The van der Waals surface area contributed by atoms with E-state index in [1.165, 1.54) is 0 Å². The number of urea groups is 1. The van der Waals surface area contributed by atoms with Crippen molar-refractivity contribution in [2.45, 2.75) is 31.4 Å². The number of nitrogens with one attached hydrogen (secondary N) is 2. The van der Waals surface area contributed by atoms with Crippen molar-refractivity contribution in [1.82, 2.24) is 5.32 Å². The number of hydrogen-bond acceptors (Lipinski definition) is 10. The first kappa shape index (κ1) is 30.4. The zero-order valence-electron chi connectivity index (χ0n) is 24.8. The monoisotopic (exact) mass is 605 g/mol. The number of benzene rings is 2. The Morgan fingerprint density at radius 3 is 2.27 bits per heavy atom. The number of carbonyl (C=O) groups excluding carboxylic acids is 4. The van der Waals surface area contributed by atoms with E-state index >= 15 is 0 Å². The van der Waals surface area contributed by atoms with Gasteiger partial charge in [-0.1, -0.05) is 0 Å². The maximum Gasteiger partial charge on any atom is 0.319 e. The van der Waals surface area contributed by atoms with Crippen molar-refractivity contribution in [3.05, 3.63) is 69.7 Å². The molecular formula is C31H35N5O8. The Morgan fingerprint density at radius 1 is 1.02 bits per heavy atom. The maximum atomic E-state index is 14.0. The molecule has 2 aromatic carbocycles. The van der Waals surface area contributed by atoms with Gasteiger partial charge in [0.05, 0.1) is 5.56 Å². The number of aliphatic hydroxyl groups excluding tert-OH is 2. The second kappa shape index (κ2) is 10.9. The Morgan fingerprint density at radius 2 is 1.68 bits per heavy atom. The molecule has 0 saturated carbocycles. The van der Waals surface area contributed by atoms with Crippen LogP contribution in [0.4, 0.5) is 21.9 Å². The molecule has 0 aliphatic heterocycles. The molecule has 0 spiro atoms. The average molecular weight is 606 g/mol. The summed E-state index contributed by atoms with van der Waals surface area (Å²) in [5, 5.41) is 49.8. The Balaban J connectivity index is 1.48. The van der Waals surface area contributed by atoms with E-state index in [4.69, 9.17) is 5.73 Å². The van der Waals surface area contributed by atoms with Crippen LogP contribution >= 0.6 is 0 Å². The number of nitrogens with zero attached hydrogens (tertiary/aromatic N) is 2. The summed E-state index contributed by atoms with van der Waals surface area (Å²) in [6.45, 7) is -0.153. The van der Waals surface area contributed by atoms with Gasteiger partial charge in [-0.2, -0.15) is 0 Å². The van der Waals surface area contributed by atoms with Crippen molar-refractivity contribution in [1.29, 1.82) is 0 Å². The summed E-state index contributed by atoms with van der Waals surface area (Å²) < 4.78 is 0. The minimum absolute atomic E-state index is 0.0372. The van der Waals surface area contributed by atoms with Gasteiger partial charge in [0.15, 0.2) is 11.4 Å². The molecule has 0 aromatic heterocycles. The normalized spacial score (nSPS) is 22.6. The Hall–Kier alpha value is -5.04. The standard InChI is InChI=1S/C31H35N5O8/c1-35(2)18-7-5-17(6-8-18)34-30(43)33-13-15-11-20(36(3)4)19-10-14-9-16-12-21(37)24(29(32)42)28(41)31(16,44)27(40)22(14)26(39)23(19)25(15)38/h5-8,11,14,16,37-38,40,44H,9-10,12-13H2,1-4H3,(H2,32,42)(H2,33,34,43)/t14-,16+,31+/m1/s1. The highest BCUT2D eigenvalue weighted by molar-refractivity contribution is 6.24. The molecule has 8 N–H and O–H groups in total. The number of phenolic OH excluding ortho intramolecular Hbond substituents is 1. The second-order valence-electron chi connectivity index (χ2n) is 11.8. The molecule has 0 unspecified atom stereocenters. The lowest BCUT2D eigenvalue weighted by Gasteiger charge is -2.46. The fraction of sp³-hybridized carbons (Fsp3) is 0.355. The van der Waals surface area contributed by atoms with Gasteiger partial charge in [0.25, 0.3) is 5.91 Å². The van der Waals surface area contributed by atoms with E-state index in [0.29, 0.717) is 16.9 Å². The molecule has 0 fully saturated rings. The third-order valence-corrected chi connectivity index (χ3v) is 8.68. The molecule has 3 atom stereocenters. The maximum absolute atomic E-state index is 14.0. The van der Waals surface area contributed by atoms with Crippen LogP contribution in [0.2, 0.25) is 0 Å². The molecule has 44 heavy (non-hydrogen) atoms. The number of hydrogen-bond donors (Lipinski definition) is 7. The summed E-state index contributed by atoms with van der Waals surface area (Å²) in [5.41, 5.74) is 4.25. The predicted octanol–water partition coefficient (Wildman–Crippen LogP) is 2.03. The van der Waals surface area contributed by atoms with Crippen molar-refractivity contribution in [2.75, 3.05) is 43.3 Å². The molecule has 13 heteroatoms. The van der Waals surface area contributed by atoms with E-state index < -0.39 is 63.8 Å².